The SMILES string of the molecule is C=CCCNCCCC(N)C(=O)O. The summed E-state index contributed by atoms with van der Waals surface area (Å²) in [6, 6.07) is -0.721. The number of hydrogen-bond acceptors (Lipinski definition) is 3. The van der Waals surface area contributed by atoms with E-state index in [0.29, 0.717) is 6.42 Å². The summed E-state index contributed by atoms with van der Waals surface area (Å²) >= 11 is 0. The summed E-state index contributed by atoms with van der Waals surface area (Å²) in [6.07, 6.45) is 4.10. The number of carbonyl (C=O) groups is 1. The molecular weight excluding hydrogens is 168 g/mol. The van der Waals surface area contributed by atoms with Crippen LogP contribution in [0.1, 0.15) is 19.3 Å². The molecule has 0 aromatic heterocycles. The summed E-state index contributed by atoms with van der Waals surface area (Å²) in [7, 11) is 0. The highest BCUT2D eigenvalue weighted by molar-refractivity contribution is 5.72. The van der Waals surface area contributed by atoms with E-state index in [0.717, 1.165) is 25.9 Å². The third-order valence-corrected chi connectivity index (χ3v) is 1.71. The number of carboxylic acid groups (broad SMARTS) is 1. The fourth-order valence-electron chi connectivity index (χ4n) is 0.900. The third kappa shape index (κ3) is 7.49. The van der Waals surface area contributed by atoms with Gasteiger partial charge in [0.25, 0.3) is 0 Å². The number of carboxylic acids is 1. The Balaban J connectivity index is 3.15. The van der Waals surface area contributed by atoms with E-state index in [1.54, 1.807) is 0 Å². The standard InChI is InChI=1S/C9H18N2O2/c1-2-3-6-11-7-4-5-8(10)9(12)13/h2,8,11H,1,3-7,10H2,(H,12,13). The molecule has 4 N–H and O–H groups in total. The minimum Gasteiger partial charge on any atom is -0.480 e. The van der Waals surface area contributed by atoms with Crippen LogP contribution in [0.4, 0.5) is 0 Å². The zero-order valence-corrected chi connectivity index (χ0v) is 7.83. The van der Waals surface area contributed by atoms with Gasteiger partial charge in [-0.1, -0.05) is 6.08 Å². The van der Waals surface area contributed by atoms with Crippen LogP contribution in [0.2, 0.25) is 0 Å². The molecular formula is C9H18N2O2. The van der Waals surface area contributed by atoms with Crippen LogP contribution >= 0.6 is 0 Å². The molecule has 0 radical (unpaired) electrons. The summed E-state index contributed by atoms with van der Waals surface area (Å²) in [5.41, 5.74) is 5.31. The second-order valence-electron chi connectivity index (χ2n) is 2.91. The van der Waals surface area contributed by atoms with Crippen LogP contribution in [0.15, 0.2) is 12.7 Å². The van der Waals surface area contributed by atoms with Crippen molar-refractivity contribution in [1.82, 2.24) is 5.32 Å². The van der Waals surface area contributed by atoms with Gasteiger partial charge in [0.15, 0.2) is 0 Å². The van der Waals surface area contributed by atoms with Crippen molar-refractivity contribution < 1.29 is 9.90 Å². The summed E-state index contributed by atoms with van der Waals surface area (Å²) in [4.78, 5) is 10.3. The van der Waals surface area contributed by atoms with Crippen molar-refractivity contribution >= 4 is 5.97 Å². The van der Waals surface area contributed by atoms with Crippen LogP contribution in [-0.2, 0) is 4.79 Å². The van der Waals surface area contributed by atoms with Crippen LogP contribution in [0.3, 0.4) is 0 Å². The Bertz CT molecular complexity index is 160. The Kier molecular flexibility index (Phi) is 7.24. The van der Waals surface area contributed by atoms with Crippen molar-refractivity contribution in [3.05, 3.63) is 12.7 Å². The smallest absolute Gasteiger partial charge is 0.320 e. The monoisotopic (exact) mass is 186 g/mol. The van der Waals surface area contributed by atoms with E-state index in [4.69, 9.17) is 10.8 Å². The molecule has 0 heterocycles. The summed E-state index contributed by atoms with van der Waals surface area (Å²) in [5.74, 6) is -0.925. The third-order valence-electron chi connectivity index (χ3n) is 1.71. The Morgan fingerprint density at radius 3 is 2.85 bits per heavy atom. The highest BCUT2D eigenvalue weighted by Gasteiger charge is 2.09. The van der Waals surface area contributed by atoms with Crippen molar-refractivity contribution in [3.63, 3.8) is 0 Å². The number of hydrogen-bond donors (Lipinski definition) is 3. The van der Waals surface area contributed by atoms with Gasteiger partial charge in [-0.05, 0) is 32.4 Å². The van der Waals surface area contributed by atoms with Gasteiger partial charge in [-0.3, -0.25) is 4.79 Å². The van der Waals surface area contributed by atoms with Gasteiger partial charge in [0, 0.05) is 0 Å². The van der Waals surface area contributed by atoms with E-state index in [9.17, 15) is 4.79 Å². The molecule has 0 aliphatic heterocycles. The van der Waals surface area contributed by atoms with Crippen LogP contribution < -0.4 is 11.1 Å². The Morgan fingerprint density at radius 2 is 2.31 bits per heavy atom. The number of nitrogens with one attached hydrogen (secondary N) is 1. The van der Waals surface area contributed by atoms with Crippen molar-refractivity contribution in [2.45, 2.75) is 25.3 Å². The summed E-state index contributed by atoms with van der Waals surface area (Å²) < 4.78 is 0. The highest BCUT2D eigenvalue weighted by Crippen LogP contribution is 1.92. The lowest BCUT2D eigenvalue weighted by Crippen LogP contribution is -2.31. The van der Waals surface area contributed by atoms with Gasteiger partial charge >= 0.3 is 5.97 Å². The fourth-order valence-corrected chi connectivity index (χ4v) is 0.900. The van der Waals surface area contributed by atoms with Crippen molar-refractivity contribution in [2.75, 3.05) is 13.1 Å². The average Bonchev–Trinajstić information content (AvgIpc) is 2.10. The maximum absolute atomic E-state index is 10.3. The van der Waals surface area contributed by atoms with Gasteiger partial charge in [-0.2, -0.15) is 0 Å². The quantitative estimate of drug-likeness (QED) is 0.377. The predicted octanol–water partition coefficient (Wildman–Crippen LogP) is 0.344. The first-order chi connectivity index (χ1) is 6.18. The molecule has 0 fully saturated rings. The lowest BCUT2D eigenvalue weighted by Gasteiger charge is -2.06. The molecule has 0 aliphatic carbocycles. The topological polar surface area (TPSA) is 75.3 Å². The van der Waals surface area contributed by atoms with Crippen molar-refractivity contribution in [2.24, 2.45) is 5.73 Å². The molecule has 1 unspecified atom stereocenters. The molecule has 0 rings (SSSR count). The van der Waals surface area contributed by atoms with Gasteiger partial charge in [-0.15, -0.1) is 6.58 Å². The van der Waals surface area contributed by atoms with Gasteiger partial charge in [-0.25, -0.2) is 0 Å². The van der Waals surface area contributed by atoms with E-state index < -0.39 is 12.0 Å². The molecule has 0 spiro atoms. The number of nitrogens with two attached hydrogens (primary N) is 1. The van der Waals surface area contributed by atoms with Crippen LogP contribution in [0, 0.1) is 0 Å². The van der Waals surface area contributed by atoms with Crippen molar-refractivity contribution in [3.8, 4) is 0 Å². The first-order valence-corrected chi connectivity index (χ1v) is 4.48. The lowest BCUT2D eigenvalue weighted by molar-refractivity contribution is -0.138. The molecule has 0 aromatic rings. The van der Waals surface area contributed by atoms with Gasteiger partial charge in [0.05, 0.1) is 0 Å². The molecule has 4 heteroatoms. The summed E-state index contributed by atoms with van der Waals surface area (Å²) in [5, 5.41) is 11.6. The van der Waals surface area contributed by atoms with E-state index >= 15 is 0 Å². The largest absolute Gasteiger partial charge is 0.480 e. The lowest BCUT2D eigenvalue weighted by atomic mass is 10.2. The molecule has 13 heavy (non-hydrogen) atoms. The van der Waals surface area contributed by atoms with Gasteiger partial charge in [0.1, 0.15) is 6.04 Å². The molecule has 76 valence electrons. The highest BCUT2D eigenvalue weighted by atomic mass is 16.4. The summed E-state index contributed by atoms with van der Waals surface area (Å²) in [6.45, 7) is 5.30. The molecule has 1 atom stereocenters. The van der Waals surface area contributed by atoms with Gasteiger partial charge < -0.3 is 16.2 Å². The van der Waals surface area contributed by atoms with E-state index in [-0.39, 0.29) is 0 Å². The Hall–Kier alpha value is -0.870. The van der Waals surface area contributed by atoms with Crippen LogP contribution in [0.25, 0.3) is 0 Å². The van der Waals surface area contributed by atoms with Gasteiger partial charge in [0.2, 0.25) is 0 Å². The van der Waals surface area contributed by atoms with E-state index in [2.05, 4.69) is 11.9 Å². The van der Waals surface area contributed by atoms with Crippen LogP contribution in [-0.4, -0.2) is 30.2 Å². The first kappa shape index (κ1) is 12.1. The second-order valence-corrected chi connectivity index (χ2v) is 2.91. The minimum atomic E-state index is -0.925. The van der Waals surface area contributed by atoms with Crippen molar-refractivity contribution in [1.29, 1.82) is 0 Å². The zero-order valence-electron chi connectivity index (χ0n) is 7.83. The second kappa shape index (κ2) is 7.76. The zero-order chi connectivity index (χ0) is 10.1. The predicted molar refractivity (Wildman–Crippen MR) is 52.5 cm³/mol. The average molecular weight is 186 g/mol. The van der Waals surface area contributed by atoms with E-state index in [1.165, 1.54) is 0 Å². The van der Waals surface area contributed by atoms with E-state index in [1.807, 2.05) is 6.08 Å². The number of aliphatic carboxylic acids is 1. The molecule has 0 aliphatic rings. The fraction of sp³-hybridized carbons (Fsp3) is 0.667. The molecule has 0 amide bonds. The molecule has 0 saturated carbocycles. The minimum absolute atomic E-state index is 0.524. The Morgan fingerprint density at radius 1 is 1.62 bits per heavy atom. The maximum atomic E-state index is 10.3. The normalized spacial score (nSPS) is 12.4. The first-order valence-electron chi connectivity index (χ1n) is 4.48. The Labute approximate surface area is 78.8 Å². The molecule has 0 bridgehead atoms. The molecule has 0 aromatic carbocycles. The van der Waals surface area contributed by atoms with Crippen LogP contribution in [0.5, 0.6) is 0 Å². The number of rotatable bonds is 8. The molecule has 4 nitrogen and oxygen atoms in total. The molecule has 0 saturated heterocycles. The maximum Gasteiger partial charge on any atom is 0.320 e.